The Hall–Kier alpha value is -3.88. The molecule has 4 aromatic rings. The fourth-order valence-electron chi connectivity index (χ4n) is 4.09. The molecular weight excluding hydrogens is 432 g/mol. The Bertz CT molecular complexity index is 1390. The van der Waals surface area contributed by atoms with E-state index in [0.29, 0.717) is 38.3 Å². The Labute approximate surface area is 187 Å². The fraction of sp³-hybridized carbons (Fsp3) is 0.0870. The maximum Gasteiger partial charge on any atom is 0.411 e. The first-order valence-electron chi connectivity index (χ1n) is 9.75. The third-order valence-corrected chi connectivity index (χ3v) is 5.93. The minimum absolute atomic E-state index is 0.0625. The summed E-state index contributed by atoms with van der Waals surface area (Å²) in [5.74, 6) is -0.258. The molecule has 0 radical (unpaired) electrons. The van der Waals surface area contributed by atoms with Gasteiger partial charge in [0.2, 0.25) is 5.95 Å². The zero-order valence-corrected chi connectivity index (χ0v) is 17.3. The van der Waals surface area contributed by atoms with E-state index in [-0.39, 0.29) is 18.4 Å². The fourth-order valence-corrected chi connectivity index (χ4v) is 4.28. The Morgan fingerprint density at radius 1 is 1.12 bits per heavy atom. The van der Waals surface area contributed by atoms with Crippen LogP contribution in [-0.2, 0) is 12.3 Å². The lowest BCUT2D eigenvalue weighted by Crippen LogP contribution is -2.44. The van der Waals surface area contributed by atoms with Crippen LogP contribution >= 0.6 is 11.6 Å². The lowest BCUT2D eigenvalue weighted by Gasteiger charge is -2.35. The number of aromatic nitrogens is 2. The number of anilines is 1. The first kappa shape index (κ1) is 20.0. The molecule has 5 rings (SSSR count). The summed E-state index contributed by atoms with van der Waals surface area (Å²) in [6, 6.07) is 19.1. The number of carboxylic acid groups (broad SMARTS) is 1. The molecule has 1 atom stereocenters. The van der Waals surface area contributed by atoms with Crippen LogP contribution in [0.15, 0.2) is 66.7 Å². The third-order valence-electron chi connectivity index (χ3n) is 5.57. The van der Waals surface area contributed by atoms with Crippen LogP contribution in [0.25, 0.3) is 11.0 Å². The van der Waals surface area contributed by atoms with Crippen LogP contribution in [0.3, 0.4) is 0 Å². The summed E-state index contributed by atoms with van der Waals surface area (Å²) in [5, 5.41) is 23.6. The highest BCUT2D eigenvalue weighted by Crippen LogP contribution is 2.44. The van der Waals surface area contributed by atoms with Gasteiger partial charge in [0.1, 0.15) is 0 Å². The molecule has 1 aliphatic heterocycles. The number of nitrogens with one attached hydrogen (secondary N) is 2. The molecule has 0 aliphatic carbocycles. The van der Waals surface area contributed by atoms with Crippen molar-refractivity contribution in [2.45, 2.75) is 12.3 Å². The molecule has 1 unspecified atom stereocenters. The van der Waals surface area contributed by atoms with E-state index >= 15 is 0 Å². The van der Waals surface area contributed by atoms with E-state index < -0.39 is 11.8 Å². The molecular formula is C23H17ClN4O4. The number of hydrogen-bond donors (Lipinski definition) is 4. The SMILES string of the molecule is O=C(O)Nc1nc2cc(C3(O)c4ccccc4C(=O)N3Cc3ccccc3Cl)ccc2[nH]1. The number of halogens is 1. The van der Waals surface area contributed by atoms with Gasteiger partial charge < -0.3 is 15.2 Å². The topological polar surface area (TPSA) is 119 Å². The molecule has 160 valence electrons. The highest BCUT2D eigenvalue weighted by atomic mass is 35.5. The van der Waals surface area contributed by atoms with Crippen LogP contribution in [0.2, 0.25) is 5.02 Å². The van der Waals surface area contributed by atoms with Gasteiger partial charge in [0.15, 0.2) is 5.72 Å². The van der Waals surface area contributed by atoms with Gasteiger partial charge in [0.05, 0.1) is 17.6 Å². The Kier molecular flexibility index (Phi) is 4.61. The number of aromatic amines is 1. The summed E-state index contributed by atoms with van der Waals surface area (Å²) < 4.78 is 0. The van der Waals surface area contributed by atoms with E-state index in [2.05, 4.69) is 15.3 Å². The number of hydrogen-bond acceptors (Lipinski definition) is 4. The molecule has 0 bridgehead atoms. The van der Waals surface area contributed by atoms with E-state index in [1.165, 1.54) is 4.90 Å². The summed E-state index contributed by atoms with van der Waals surface area (Å²) in [6.45, 7) is 0.0914. The number of imidazole rings is 1. The number of nitrogens with zero attached hydrogens (tertiary/aromatic N) is 2. The van der Waals surface area contributed by atoms with Crippen LogP contribution in [0, 0.1) is 0 Å². The summed E-state index contributed by atoms with van der Waals surface area (Å²) >= 11 is 6.33. The number of rotatable bonds is 4. The van der Waals surface area contributed by atoms with Gasteiger partial charge in [-0.3, -0.25) is 15.0 Å². The van der Waals surface area contributed by atoms with E-state index in [9.17, 15) is 14.7 Å². The number of fused-ring (bicyclic) bond motifs is 2. The van der Waals surface area contributed by atoms with Crippen molar-refractivity contribution >= 4 is 40.6 Å². The predicted molar refractivity (Wildman–Crippen MR) is 119 cm³/mol. The highest BCUT2D eigenvalue weighted by molar-refractivity contribution is 6.31. The largest absolute Gasteiger partial charge is 0.465 e. The third kappa shape index (κ3) is 3.08. The maximum atomic E-state index is 13.3. The van der Waals surface area contributed by atoms with Crippen molar-refractivity contribution in [1.29, 1.82) is 0 Å². The molecule has 0 fully saturated rings. The van der Waals surface area contributed by atoms with Crippen molar-refractivity contribution < 1.29 is 19.8 Å². The Morgan fingerprint density at radius 2 is 1.88 bits per heavy atom. The molecule has 2 amide bonds. The molecule has 8 nitrogen and oxygen atoms in total. The smallest absolute Gasteiger partial charge is 0.411 e. The van der Waals surface area contributed by atoms with Crippen molar-refractivity contribution in [3.8, 4) is 0 Å². The minimum Gasteiger partial charge on any atom is -0.465 e. The predicted octanol–water partition coefficient (Wildman–Crippen LogP) is 4.16. The molecule has 0 saturated heterocycles. The number of benzene rings is 3. The second kappa shape index (κ2) is 7.37. The summed E-state index contributed by atoms with van der Waals surface area (Å²) in [6.07, 6.45) is -1.25. The van der Waals surface area contributed by atoms with Crippen LogP contribution in [0.1, 0.15) is 27.0 Å². The molecule has 0 saturated carbocycles. The first-order valence-corrected chi connectivity index (χ1v) is 10.1. The van der Waals surface area contributed by atoms with Crippen molar-refractivity contribution in [3.63, 3.8) is 0 Å². The average molecular weight is 449 g/mol. The average Bonchev–Trinajstić information content (AvgIpc) is 3.27. The first-order chi connectivity index (χ1) is 15.4. The van der Waals surface area contributed by atoms with Crippen LogP contribution in [0.5, 0.6) is 0 Å². The van der Waals surface area contributed by atoms with Gasteiger partial charge in [-0.05, 0) is 29.8 Å². The monoisotopic (exact) mass is 448 g/mol. The molecule has 3 aromatic carbocycles. The highest BCUT2D eigenvalue weighted by Gasteiger charge is 2.49. The van der Waals surface area contributed by atoms with Crippen molar-refractivity contribution in [2.75, 3.05) is 5.32 Å². The molecule has 1 aliphatic rings. The number of H-pyrrole nitrogens is 1. The summed E-state index contributed by atoms with van der Waals surface area (Å²) in [4.78, 5) is 32.7. The maximum absolute atomic E-state index is 13.3. The Balaban J connectivity index is 1.65. The van der Waals surface area contributed by atoms with Crippen molar-refractivity contribution in [3.05, 3.63) is 94.0 Å². The van der Waals surface area contributed by atoms with Gasteiger partial charge in [-0.15, -0.1) is 0 Å². The summed E-state index contributed by atoms with van der Waals surface area (Å²) in [7, 11) is 0. The minimum atomic E-state index is -1.76. The van der Waals surface area contributed by atoms with Crippen LogP contribution in [-0.4, -0.2) is 37.1 Å². The second-order valence-electron chi connectivity index (χ2n) is 7.45. The van der Waals surface area contributed by atoms with Crippen molar-refractivity contribution in [2.24, 2.45) is 0 Å². The van der Waals surface area contributed by atoms with E-state index in [4.69, 9.17) is 16.7 Å². The normalized spacial score (nSPS) is 17.6. The molecule has 1 aromatic heterocycles. The van der Waals surface area contributed by atoms with E-state index in [0.717, 1.165) is 0 Å². The molecule has 32 heavy (non-hydrogen) atoms. The lowest BCUT2D eigenvalue weighted by atomic mass is 9.93. The van der Waals surface area contributed by atoms with Crippen molar-refractivity contribution in [1.82, 2.24) is 14.9 Å². The van der Waals surface area contributed by atoms with Gasteiger partial charge in [-0.1, -0.05) is 54.1 Å². The second-order valence-corrected chi connectivity index (χ2v) is 7.86. The quantitative estimate of drug-likeness (QED) is 0.374. The van der Waals surface area contributed by atoms with Gasteiger partial charge in [0.25, 0.3) is 5.91 Å². The van der Waals surface area contributed by atoms with Crippen LogP contribution < -0.4 is 5.32 Å². The number of carbonyl (C=O) groups is 2. The van der Waals surface area contributed by atoms with E-state index in [1.807, 2.05) is 6.07 Å². The Morgan fingerprint density at radius 3 is 2.66 bits per heavy atom. The van der Waals surface area contributed by atoms with Gasteiger partial charge in [-0.25, -0.2) is 9.78 Å². The van der Waals surface area contributed by atoms with Gasteiger partial charge in [0, 0.05) is 21.7 Å². The van der Waals surface area contributed by atoms with Crippen LogP contribution in [0.4, 0.5) is 10.7 Å². The lowest BCUT2D eigenvalue weighted by molar-refractivity contribution is -0.0542. The molecule has 2 heterocycles. The van der Waals surface area contributed by atoms with Gasteiger partial charge in [-0.2, -0.15) is 0 Å². The zero-order valence-electron chi connectivity index (χ0n) is 16.5. The van der Waals surface area contributed by atoms with Gasteiger partial charge >= 0.3 is 6.09 Å². The number of carbonyl (C=O) groups excluding carboxylic acids is 1. The molecule has 9 heteroatoms. The standard InChI is InChI=1S/C23H17ClN4O4/c24-17-8-4-1-5-13(17)12-28-20(29)15-6-2-3-7-16(15)23(28,32)14-9-10-18-19(11-14)26-21(25-18)27-22(30)31/h1-11,32H,12H2,(H,30,31)(H2,25,26,27). The molecule has 0 spiro atoms. The van der Waals surface area contributed by atoms with E-state index in [1.54, 1.807) is 60.7 Å². The summed E-state index contributed by atoms with van der Waals surface area (Å²) in [5.41, 5.74) is 1.23. The number of aliphatic hydroxyl groups is 1. The molecule has 4 N–H and O–H groups in total. The number of amides is 2. The zero-order chi connectivity index (χ0) is 22.5.